The zero-order valence-electron chi connectivity index (χ0n) is 26.7. The average Bonchev–Trinajstić information content (AvgIpc) is 3.70. The molecule has 1 aliphatic carbocycles. The van der Waals surface area contributed by atoms with Crippen LogP contribution in [-0.4, -0.2) is 77.5 Å². The molecule has 10 heteroatoms. The van der Waals surface area contributed by atoms with Crippen LogP contribution < -0.4 is 10.6 Å². The summed E-state index contributed by atoms with van der Waals surface area (Å²) in [5, 5.41) is 6.98. The van der Waals surface area contributed by atoms with Crippen LogP contribution in [0.3, 0.4) is 0 Å². The highest BCUT2D eigenvalue weighted by atomic mass is 35.5. The monoisotopic (exact) mass is 678 g/mol. The minimum atomic E-state index is -1.18. The highest BCUT2D eigenvalue weighted by Gasteiger charge is 2.72. The van der Waals surface area contributed by atoms with Crippen molar-refractivity contribution in [2.45, 2.75) is 81.6 Å². The maximum absolute atomic E-state index is 14.3. The van der Waals surface area contributed by atoms with Gasteiger partial charge in [-0.2, -0.15) is 0 Å². The van der Waals surface area contributed by atoms with Crippen LogP contribution in [0.5, 0.6) is 0 Å². The maximum atomic E-state index is 14.3. The van der Waals surface area contributed by atoms with E-state index in [9.17, 15) is 14.4 Å². The molecule has 5 aliphatic rings. The lowest BCUT2D eigenvalue weighted by atomic mass is 9.74. The number of carbonyl (C=O) groups is 3. The topological polar surface area (TPSA) is 91.0 Å². The van der Waals surface area contributed by atoms with E-state index in [-0.39, 0.29) is 23.8 Å². The van der Waals surface area contributed by atoms with Crippen LogP contribution in [0.4, 0.5) is 5.69 Å². The summed E-state index contributed by atoms with van der Waals surface area (Å²) in [7, 11) is 0. The number of piperidine rings is 1. The molecule has 1 spiro atoms. The van der Waals surface area contributed by atoms with Crippen molar-refractivity contribution in [3.8, 4) is 0 Å². The largest absolute Gasteiger partial charge is 0.359 e. The Labute approximate surface area is 287 Å². The highest BCUT2D eigenvalue weighted by Crippen LogP contribution is 2.55. The van der Waals surface area contributed by atoms with Crippen molar-refractivity contribution in [3.05, 3.63) is 76.3 Å². The zero-order chi connectivity index (χ0) is 32.5. The maximum Gasteiger partial charge on any atom is 0.246 e. The van der Waals surface area contributed by atoms with Gasteiger partial charge in [-0.15, -0.1) is 0 Å². The van der Waals surface area contributed by atoms with E-state index < -0.39 is 29.6 Å². The third kappa shape index (κ3) is 6.71. The third-order valence-electron chi connectivity index (χ3n) is 11.0. The fourth-order valence-corrected chi connectivity index (χ4v) is 9.24. The molecule has 0 aromatic heterocycles. The van der Waals surface area contributed by atoms with Gasteiger partial charge in [0.1, 0.15) is 11.6 Å². The lowest BCUT2D eigenvalue weighted by Crippen LogP contribution is -2.56. The van der Waals surface area contributed by atoms with Crippen LogP contribution in [0.1, 0.15) is 56.9 Å². The lowest BCUT2D eigenvalue weighted by Gasteiger charge is -2.35. The van der Waals surface area contributed by atoms with Crippen molar-refractivity contribution in [2.75, 3.05) is 31.5 Å². The fraction of sp³-hybridized carbons (Fsp3) is 0.541. The van der Waals surface area contributed by atoms with Gasteiger partial charge in [0.15, 0.2) is 0 Å². The Hall–Kier alpha value is -2.91. The van der Waals surface area contributed by atoms with Crippen LogP contribution in [0.15, 0.2) is 60.7 Å². The summed E-state index contributed by atoms with van der Waals surface area (Å²) in [6.45, 7) is 3.36. The molecule has 0 radical (unpaired) electrons. The molecule has 5 atom stereocenters. The number of hydrogen-bond acceptors (Lipinski definition) is 5. The fourth-order valence-electron chi connectivity index (χ4n) is 8.71. The molecule has 7 rings (SSSR count). The van der Waals surface area contributed by atoms with E-state index in [2.05, 4.69) is 45.9 Å². The van der Waals surface area contributed by atoms with Crippen molar-refractivity contribution in [1.82, 2.24) is 15.1 Å². The normalized spacial score (nSPS) is 29.3. The van der Waals surface area contributed by atoms with Crippen LogP contribution in [0.25, 0.3) is 0 Å². The highest BCUT2D eigenvalue weighted by molar-refractivity contribution is 6.35. The second-order valence-corrected chi connectivity index (χ2v) is 14.9. The predicted octanol–water partition coefficient (Wildman–Crippen LogP) is 5.88. The number of nitrogens with one attached hydrogen (secondary N) is 2. The first-order valence-corrected chi connectivity index (χ1v) is 18.1. The number of rotatable bonds is 10. The van der Waals surface area contributed by atoms with Gasteiger partial charge in [-0.1, -0.05) is 84.9 Å². The molecule has 2 aromatic rings. The number of nitrogens with zero attached hydrogens (tertiary/aromatic N) is 2. The summed E-state index contributed by atoms with van der Waals surface area (Å²) in [4.78, 5) is 46.5. The van der Waals surface area contributed by atoms with Crippen molar-refractivity contribution in [3.63, 3.8) is 0 Å². The molecule has 47 heavy (non-hydrogen) atoms. The Morgan fingerprint density at radius 1 is 0.915 bits per heavy atom. The van der Waals surface area contributed by atoms with Gasteiger partial charge < -0.3 is 25.2 Å². The summed E-state index contributed by atoms with van der Waals surface area (Å²) in [5.41, 5.74) is 0.675. The number of likely N-dealkylation sites (tertiary alicyclic amines) is 2. The molecule has 3 saturated heterocycles. The van der Waals surface area contributed by atoms with Gasteiger partial charge in [-0.25, -0.2) is 0 Å². The molecule has 3 amide bonds. The van der Waals surface area contributed by atoms with Crippen molar-refractivity contribution >= 4 is 46.6 Å². The van der Waals surface area contributed by atoms with E-state index in [4.69, 9.17) is 27.9 Å². The Balaban J connectivity index is 1.04. The SMILES string of the molecule is O=C(Nc1cc(Cl)cc(Cl)c1)[C@H]1[C@H]2C=C[C@@]3(O2)[C@H]1C(=O)N(CCCN1CCC(Cc2ccccc2)CC1)[C@@H]3C(=O)NC1CCCCC1. The first kappa shape index (κ1) is 32.6. The van der Waals surface area contributed by atoms with E-state index in [0.717, 1.165) is 71.0 Å². The first-order valence-electron chi connectivity index (χ1n) is 17.3. The number of ether oxygens (including phenoxy) is 1. The molecule has 4 heterocycles. The van der Waals surface area contributed by atoms with E-state index in [1.165, 1.54) is 12.0 Å². The van der Waals surface area contributed by atoms with Crippen LogP contribution in [0.2, 0.25) is 10.0 Å². The Morgan fingerprint density at radius 3 is 2.36 bits per heavy atom. The minimum Gasteiger partial charge on any atom is -0.359 e. The molecule has 8 nitrogen and oxygen atoms in total. The molecule has 2 aromatic carbocycles. The molecule has 250 valence electrons. The van der Waals surface area contributed by atoms with Gasteiger partial charge in [-0.3, -0.25) is 14.4 Å². The quantitative estimate of drug-likeness (QED) is 0.307. The second-order valence-electron chi connectivity index (χ2n) is 14.1. The van der Waals surface area contributed by atoms with Gasteiger partial charge in [0.25, 0.3) is 0 Å². The number of hydrogen-bond donors (Lipinski definition) is 2. The van der Waals surface area contributed by atoms with E-state index >= 15 is 0 Å². The van der Waals surface area contributed by atoms with E-state index in [1.807, 2.05) is 12.2 Å². The molecular weight excluding hydrogens is 635 g/mol. The Kier molecular flexibility index (Phi) is 9.65. The molecule has 2 N–H and O–H groups in total. The van der Waals surface area contributed by atoms with Crippen molar-refractivity contribution in [1.29, 1.82) is 0 Å². The Bertz CT molecular complexity index is 1490. The molecule has 4 fully saturated rings. The van der Waals surface area contributed by atoms with Crippen LogP contribution in [-0.2, 0) is 25.5 Å². The second kappa shape index (κ2) is 13.9. The van der Waals surface area contributed by atoms with Crippen LogP contribution in [0, 0.1) is 17.8 Å². The summed E-state index contributed by atoms with van der Waals surface area (Å²) in [6, 6.07) is 14.8. The first-order chi connectivity index (χ1) is 22.8. The van der Waals surface area contributed by atoms with Gasteiger partial charge in [0.2, 0.25) is 17.7 Å². The van der Waals surface area contributed by atoms with E-state index in [0.29, 0.717) is 28.2 Å². The van der Waals surface area contributed by atoms with Gasteiger partial charge in [0.05, 0.1) is 17.9 Å². The van der Waals surface area contributed by atoms with Crippen LogP contribution >= 0.6 is 23.2 Å². The average molecular weight is 680 g/mol. The van der Waals surface area contributed by atoms with Gasteiger partial charge in [0, 0.05) is 28.3 Å². The molecule has 2 bridgehead atoms. The summed E-state index contributed by atoms with van der Waals surface area (Å²) in [5.74, 6) is -1.59. The third-order valence-corrected chi connectivity index (χ3v) is 11.4. The Morgan fingerprint density at radius 2 is 1.64 bits per heavy atom. The lowest BCUT2D eigenvalue weighted by molar-refractivity contribution is -0.141. The predicted molar refractivity (Wildman–Crippen MR) is 183 cm³/mol. The molecule has 4 aliphatic heterocycles. The number of carbonyl (C=O) groups excluding carboxylic acids is 3. The molecule has 1 saturated carbocycles. The van der Waals surface area contributed by atoms with Gasteiger partial charge >= 0.3 is 0 Å². The summed E-state index contributed by atoms with van der Waals surface area (Å²) in [6.07, 6.45) is 12.5. The number of fused-ring (bicyclic) bond motifs is 1. The number of halogens is 2. The number of amides is 3. The van der Waals surface area contributed by atoms with E-state index in [1.54, 1.807) is 23.1 Å². The summed E-state index contributed by atoms with van der Waals surface area (Å²) >= 11 is 12.4. The number of anilines is 1. The van der Waals surface area contributed by atoms with Gasteiger partial charge in [-0.05, 0) is 87.8 Å². The minimum absolute atomic E-state index is 0.0927. The molecular formula is C37H44Cl2N4O4. The zero-order valence-corrected chi connectivity index (χ0v) is 28.2. The standard InChI is InChI=1S/C37H44Cl2N4O4/c38-26-21-27(39)23-29(22-26)41-34(44)31-30-12-15-37(47-30)32(31)36(46)43(33(37)35(45)40-28-10-5-2-6-11-28)17-7-16-42-18-13-25(14-19-42)20-24-8-3-1-4-9-24/h1,3-4,8-9,12,15,21-23,25,28,30-33H,2,5-7,10-11,13-14,16-20H2,(H,40,45)(H,41,44)/t30-,31+,32-,33-,37-/m1/s1. The van der Waals surface area contributed by atoms with Crippen molar-refractivity contribution in [2.24, 2.45) is 17.8 Å². The smallest absolute Gasteiger partial charge is 0.246 e. The molecule has 0 unspecified atom stereocenters. The van der Waals surface area contributed by atoms with Crippen molar-refractivity contribution < 1.29 is 19.1 Å². The number of benzene rings is 2. The summed E-state index contributed by atoms with van der Waals surface area (Å²) < 4.78 is 6.53.